The lowest BCUT2D eigenvalue weighted by atomic mass is 9.93. The van der Waals surface area contributed by atoms with E-state index in [0.29, 0.717) is 29.2 Å². The Morgan fingerprint density at radius 3 is 2.74 bits per heavy atom. The molecule has 1 aromatic carbocycles. The smallest absolute Gasteiger partial charge is 0.254 e. The minimum Gasteiger partial charge on any atom is -0.375 e. The number of methoxy groups -OCH3 is 1. The van der Waals surface area contributed by atoms with Gasteiger partial charge in [-0.2, -0.15) is 4.98 Å². The van der Waals surface area contributed by atoms with Crippen LogP contribution in [0.25, 0.3) is 0 Å². The minimum atomic E-state index is -0.578. The molecule has 0 spiro atoms. The summed E-state index contributed by atoms with van der Waals surface area (Å²) in [4.78, 5) is 31.8. The van der Waals surface area contributed by atoms with E-state index in [1.807, 2.05) is 6.07 Å². The normalized spacial score (nSPS) is 13.5. The quantitative estimate of drug-likeness (QED) is 0.558. The predicted octanol–water partition coefficient (Wildman–Crippen LogP) is 1.87. The van der Waals surface area contributed by atoms with Crippen LogP contribution in [0.3, 0.4) is 0 Å². The lowest BCUT2D eigenvalue weighted by Crippen LogP contribution is -2.29. The van der Waals surface area contributed by atoms with Crippen LogP contribution in [0.4, 0.5) is 23.1 Å². The van der Waals surface area contributed by atoms with Crippen LogP contribution in [-0.4, -0.2) is 41.5 Å². The van der Waals surface area contributed by atoms with Gasteiger partial charge in [0, 0.05) is 30.7 Å². The van der Waals surface area contributed by atoms with E-state index >= 15 is 0 Å². The number of hydrogen-bond acceptors (Lipinski definition) is 7. The first kappa shape index (κ1) is 18.6. The molecule has 0 aliphatic heterocycles. The van der Waals surface area contributed by atoms with Gasteiger partial charge in [-0.15, -0.1) is 0 Å². The first-order chi connectivity index (χ1) is 13.0. The highest BCUT2D eigenvalue weighted by atomic mass is 16.5. The molecule has 9 nitrogen and oxygen atoms in total. The van der Waals surface area contributed by atoms with Crippen LogP contribution >= 0.6 is 0 Å². The monoisotopic (exact) mass is 370 g/mol. The van der Waals surface area contributed by atoms with Crippen molar-refractivity contribution in [1.82, 2.24) is 9.97 Å². The van der Waals surface area contributed by atoms with Crippen LogP contribution in [0.1, 0.15) is 29.6 Å². The molecular formula is C18H22N6O3. The summed E-state index contributed by atoms with van der Waals surface area (Å²) in [6, 6.07) is 7.41. The Morgan fingerprint density at radius 1 is 1.30 bits per heavy atom. The van der Waals surface area contributed by atoms with Crippen molar-refractivity contribution < 1.29 is 14.3 Å². The summed E-state index contributed by atoms with van der Waals surface area (Å²) < 4.78 is 4.80. The van der Waals surface area contributed by atoms with Crippen molar-refractivity contribution in [3.63, 3.8) is 0 Å². The molecule has 27 heavy (non-hydrogen) atoms. The maximum atomic E-state index is 11.6. The molecular weight excluding hydrogens is 348 g/mol. The van der Waals surface area contributed by atoms with Crippen molar-refractivity contribution in [2.45, 2.75) is 25.3 Å². The Morgan fingerprint density at radius 2 is 2.07 bits per heavy atom. The summed E-state index contributed by atoms with van der Waals surface area (Å²) in [5.41, 5.74) is 6.97. The van der Waals surface area contributed by atoms with Crippen LogP contribution in [0, 0.1) is 0 Å². The van der Waals surface area contributed by atoms with Gasteiger partial charge in [0.2, 0.25) is 11.9 Å². The van der Waals surface area contributed by atoms with Gasteiger partial charge >= 0.3 is 0 Å². The average molecular weight is 370 g/mol. The number of carbonyl (C=O) groups is 2. The number of hydrogen-bond donors (Lipinski definition) is 4. The third kappa shape index (κ3) is 4.91. The van der Waals surface area contributed by atoms with E-state index < -0.39 is 5.91 Å². The lowest BCUT2D eigenvalue weighted by molar-refractivity contribution is -0.119. The highest BCUT2D eigenvalue weighted by Gasteiger charge is 2.21. The third-order valence-corrected chi connectivity index (χ3v) is 4.18. The molecule has 2 aromatic rings. The highest BCUT2D eigenvalue weighted by Crippen LogP contribution is 2.25. The number of nitrogens with one attached hydrogen (secondary N) is 3. The Labute approximate surface area is 156 Å². The van der Waals surface area contributed by atoms with Crippen molar-refractivity contribution in [3.05, 3.63) is 36.0 Å². The molecule has 1 saturated carbocycles. The molecule has 5 N–H and O–H groups in total. The van der Waals surface area contributed by atoms with Gasteiger partial charge in [0.25, 0.3) is 5.91 Å². The van der Waals surface area contributed by atoms with E-state index in [1.54, 1.807) is 18.2 Å². The number of benzene rings is 1. The molecule has 142 valence electrons. The second-order valence-electron chi connectivity index (χ2n) is 6.28. The molecule has 1 aliphatic rings. The molecule has 1 aliphatic carbocycles. The fraction of sp³-hybridized carbons (Fsp3) is 0.333. The van der Waals surface area contributed by atoms with Crippen molar-refractivity contribution in [2.24, 2.45) is 5.73 Å². The zero-order valence-electron chi connectivity index (χ0n) is 15.0. The van der Waals surface area contributed by atoms with E-state index in [4.69, 9.17) is 10.5 Å². The van der Waals surface area contributed by atoms with Crippen LogP contribution in [0.2, 0.25) is 0 Å². The van der Waals surface area contributed by atoms with E-state index in [2.05, 4.69) is 25.9 Å². The molecule has 0 bridgehead atoms. The number of nitrogens with zero attached hydrogens (tertiary/aromatic N) is 2. The molecule has 1 fully saturated rings. The molecule has 2 amide bonds. The molecule has 0 radical (unpaired) electrons. The molecule has 9 heteroatoms. The minimum absolute atomic E-state index is 0.0223. The zero-order chi connectivity index (χ0) is 19.2. The number of primary amides is 1. The van der Waals surface area contributed by atoms with Gasteiger partial charge in [0.15, 0.2) is 0 Å². The van der Waals surface area contributed by atoms with Crippen molar-refractivity contribution in [2.75, 3.05) is 29.7 Å². The average Bonchev–Trinajstić information content (AvgIpc) is 2.58. The van der Waals surface area contributed by atoms with Crippen molar-refractivity contribution in [3.8, 4) is 0 Å². The number of ether oxygens (including phenoxy) is 1. The van der Waals surface area contributed by atoms with Crippen LogP contribution in [0.15, 0.2) is 30.5 Å². The number of carbonyl (C=O) groups excluding carboxylic acids is 2. The van der Waals surface area contributed by atoms with Gasteiger partial charge < -0.3 is 26.4 Å². The van der Waals surface area contributed by atoms with Crippen LogP contribution in [0.5, 0.6) is 0 Å². The van der Waals surface area contributed by atoms with Gasteiger partial charge in [0.1, 0.15) is 12.4 Å². The van der Waals surface area contributed by atoms with E-state index in [1.165, 1.54) is 13.3 Å². The molecule has 0 unspecified atom stereocenters. The third-order valence-electron chi connectivity index (χ3n) is 4.18. The number of aromatic nitrogens is 2. The summed E-state index contributed by atoms with van der Waals surface area (Å²) in [6.07, 6.45) is 4.63. The standard InChI is InChI=1S/C18H22N6O3/c1-27-10-15(25)21-12-6-3-7-13(8-12)23-18-20-9-14(16(19)26)17(24-18)22-11-4-2-5-11/h3,6-9,11H,2,4-5,10H2,1H3,(H2,19,26)(H,21,25)(H2,20,22,23,24). The first-order valence-electron chi connectivity index (χ1n) is 8.64. The summed E-state index contributed by atoms with van der Waals surface area (Å²) in [5.74, 6) is -0.0774. The molecule has 3 rings (SSSR count). The predicted molar refractivity (Wildman–Crippen MR) is 102 cm³/mol. The van der Waals surface area contributed by atoms with Gasteiger partial charge in [-0.05, 0) is 37.5 Å². The zero-order valence-corrected chi connectivity index (χ0v) is 15.0. The van der Waals surface area contributed by atoms with Gasteiger partial charge in [-0.3, -0.25) is 9.59 Å². The maximum absolute atomic E-state index is 11.6. The summed E-state index contributed by atoms with van der Waals surface area (Å²) in [7, 11) is 1.46. The summed E-state index contributed by atoms with van der Waals surface area (Å²) in [6.45, 7) is -0.0223. The highest BCUT2D eigenvalue weighted by molar-refractivity contribution is 5.97. The summed E-state index contributed by atoms with van der Waals surface area (Å²) >= 11 is 0. The molecule has 1 aromatic heterocycles. The fourth-order valence-corrected chi connectivity index (χ4v) is 2.61. The molecule has 1 heterocycles. The number of anilines is 4. The summed E-state index contributed by atoms with van der Waals surface area (Å²) in [5, 5.41) is 9.04. The Balaban J connectivity index is 1.75. The van der Waals surface area contributed by atoms with Gasteiger partial charge in [-0.1, -0.05) is 6.07 Å². The van der Waals surface area contributed by atoms with E-state index in [-0.39, 0.29) is 18.1 Å². The second kappa shape index (κ2) is 8.45. The van der Waals surface area contributed by atoms with Crippen LogP contribution < -0.4 is 21.7 Å². The van der Waals surface area contributed by atoms with E-state index in [0.717, 1.165) is 19.3 Å². The Kier molecular flexibility index (Phi) is 5.82. The van der Waals surface area contributed by atoms with Crippen molar-refractivity contribution in [1.29, 1.82) is 0 Å². The maximum Gasteiger partial charge on any atom is 0.254 e. The second-order valence-corrected chi connectivity index (χ2v) is 6.28. The molecule has 0 saturated heterocycles. The Hall–Kier alpha value is -3.20. The van der Waals surface area contributed by atoms with Crippen LogP contribution in [-0.2, 0) is 9.53 Å². The van der Waals surface area contributed by atoms with Crippen molar-refractivity contribution >= 4 is 35.0 Å². The van der Waals surface area contributed by atoms with Gasteiger partial charge in [0.05, 0.1) is 5.56 Å². The number of nitrogens with two attached hydrogens (primary N) is 1. The lowest BCUT2D eigenvalue weighted by Gasteiger charge is -2.27. The Bertz CT molecular complexity index is 838. The molecule has 0 atom stereocenters. The largest absolute Gasteiger partial charge is 0.375 e. The number of rotatable bonds is 8. The van der Waals surface area contributed by atoms with Gasteiger partial charge in [-0.25, -0.2) is 4.98 Å². The number of amides is 2. The first-order valence-corrected chi connectivity index (χ1v) is 8.64. The topological polar surface area (TPSA) is 131 Å². The SMILES string of the molecule is COCC(=O)Nc1cccc(Nc2ncc(C(N)=O)c(NC3CCC3)n2)c1. The van der Waals surface area contributed by atoms with E-state index in [9.17, 15) is 9.59 Å². The fourth-order valence-electron chi connectivity index (χ4n) is 2.61.